The van der Waals surface area contributed by atoms with Crippen molar-refractivity contribution in [1.82, 2.24) is 10.6 Å². The Morgan fingerprint density at radius 3 is 2.81 bits per heavy atom. The van der Waals surface area contributed by atoms with Crippen molar-refractivity contribution in [3.63, 3.8) is 0 Å². The molecule has 0 spiro atoms. The summed E-state index contributed by atoms with van der Waals surface area (Å²) in [5, 5.41) is 6.58. The third-order valence-electron chi connectivity index (χ3n) is 5.82. The molecule has 2 fully saturated rings. The van der Waals surface area contributed by atoms with Gasteiger partial charge in [0.2, 0.25) is 5.91 Å². The fourth-order valence-electron chi connectivity index (χ4n) is 4.62. The lowest BCUT2D eigenvalue weighted by Gasteiger charge is -2.27. The molecule has 3 heteroatoms. The lowest BCUT2D eigenvalue weighted by Crippen LogP contribution is -2.48. The quantitative estimate of drug-likeness (QED) is 0.894. The van der Waals surface area contributed by atoms with Crippen LogP contribution in [0, 0.1) is 17.8 Å². The summed E-state index contributed by atoms with van der Waals surface area (Å²) >= 11 is 0. The third-order valence-corrected chi connectivity index (χ3v) is 5.82. The smallest absolute Gasteiger partial charge is 0.237 e. The molecule has 0 aromatic heterocycles. The normalized spacial score (nSPS) is 33.7. The second-order valence-corrected chi connectivity index (χ2v) is 7.09. The molecule has 1 amide bonds. The van der Waals surface area contributed by atoms with Crippen LogP contribution in [0.4, 0.5) is 0 Å². The molecule has 0 saturated heterocycles. The van der Waals surface area contributed by atoms with Crippen LogP contribution in [-0.4, -0.2) is 18.5 Å². The molecule has 2 aliphatic carbocycles. The number of carbonyl (C=O) groups excluding carboxylic acids is 1. The zero-order valence-corrected chi connectivity index (χ0v) is 12.5. The van der Waals surface area contributed by atoms with E-state index in [2.05, 4.69) is 34.9 Å². The second kappa shape index (κ2) is 5.45. The van der Waals surface area contributed by atoms with Crippen molar-refractivity contribution in [3.8, 4) is 0 Å². The number of benzene rings is 1. The van der Waals surface area contributed by atoms with Gasteiger partial charge >= 0.3 is 0 Å². The van der Waals surface area contributed by atoms with E-state index in [9.17, 15) is 4.79 Å². The predicted octanol–water partition coefficient (Wildman–Crippen LogP) is 2.25. The van der Waals surface area contributed by atoms with Crippen molar-refractivity contribution in [2.45, 2.75) is 44.7 Å². The summed E-state index contributed by atoms with van der Waals surface area (Å²) in [6.07, 6.45) is 6.39. The molecule has 1 aromatic carbocycles. The van der Waals surface area contributed by atoms with Gasteiger partial charge in [-0.15, -0.1) is 0 Å². The molecule has 3 aliphatic rings. The highest BCUT2D eigenvalue weighted by Gasteiger charge is 2.39. The predicted molar refractivity (Wildman–Crippen MR) is 82.7 cm³/mol. The molecule has 4 atom stereocenters. The lowest BCUT2D eigenvalue weighted by molar-refractivity contribution is -0.123. The van der Waals surface area contributed by atoms with Crippen LogP contribution in [0.15, 0.2) is 24.3 Å². The Balaban J connectivity index is 1.32. The summed E-state index contributed by atoms with van der Waals surface area (Å²) in [4.78, 5) is 12.4. The number of hydrogen-bond donors (Lipinski definition) is 2. The summed E-state index contributed by atoms with van der Waals surface area (Å²) in [5.41, 5.74) is 2.64. The van der Waals surface area contributed by atoms with Gasteiger partial charge in [0.05, 0.1) is 6.04 Å². The highest BCUT2D eigenvalue weighted by atomic mass is 16.2. The van der Waals surface area contributed by atoms with E-state index in [1.165, 1.54) is 36.8 Å². The minimum Gasteiger partial charge on any atom is -0.354 e. The van der Waals surface area contributed by atoms with Gasteiger partial charge in [-0.2, -0.15) is 0 Å². The SMILES string of the molecule is O=C(NCC1CC2CCC1C2)C1Cc2ccccc2CN1. The Labute approximate surface area is 126 Å². The van der Waals surface area contributed by atoms with Gasteiger partial charge in [0.1, 0.15) is 0 Å². The van der Waals surface area contributed by atoms with Crippen LogP contribution in [0.5, 0.6) is 0 Å². The topological polar surface area (TPSA) is 41.1 Å². The molecule has 1 heterocycles. The summed E-state index contributed by atoms with van der Waals surface area (Å²) < 4.78 is 0. The first-order valence-electron chi connectivity index (χ1n) is 8.37. The van der Waals surface area contributed by atoms with Gasteiger partial charge in [-0.1, -0.05) is 30.7 Å². The largest absolute Gasteiger partial charge is 0.354 e. The fraction of sp³-hybridized carbons (Fsp3) is 0.611. The first kappa shape index (κ1) is 13.3. The van der Waals surface area contributed by atoms with Crippen molar-refractivity contribution in [3.05, 3.63) is 35.4 Å². The molecule has 4 unspecified atom stereocenters. The van der Waals surface area contributed by atoms with Crippen molar-refractivity contribution in [2.24, 2.45) is 17.8 Å². The molecule has 1 aromatic rings. The van der Waals surface area contributed by atoms with E-state index in [0.717, 1.165) is 37.3 Å². The van der Waals surface area contributed by atoms with Crippen molar-refractivity contribution in [2.75, 3.05) is 6.54 Å². The summed E-state index contributed by atoms with van der Waals surface area (Å²) in [7, 11) is 0. The van der Waals surface area contributed by atoms with Crippen LogP contribution >= 0.6 is 0 Å². The summed E-state index contributed by atoms with van der Waals surface area (Å²) in [6, 6.07) is 8.36. The maximum absolute atomic E-state index is 12.4. The fourth-order valence-corrected chi connectivity index (χ4v) is 4.62. The van der Waals surface area contributed by atoms with Crippen molar-refractivity contribution in [1.29, 1.82) is 0 Å². The first-order chi connectivity index (χ1) is 10.3. The average molecular weight is 284 g/mol. The number of carbonyl (C=O) groups is 1. The maximum Gasteiger partial charge on any atom is 0.237 e. The van der Waals surface area contributed by atoms with E-state index in [1.54, 1.807) is 0 Å². The van der Waals surface area contributed by atoms with E-state index < -0.39 is 0 Å². The minimum absolute atomic E-state index is 0.0570. The molecule has 112 valence electrons. The zero-order valence-electron chi connectivity index (χ0n) is 12.5. The van der Waals surface area contributed by atoms with Crippen LogP contribution in [-0.2, 0) is 17.8 Å². The molecule has 0 radical (unpaired) electrons. The number of hydrogen-bond acceptors (Lipinski definition) is 2. The zero-order chi connectivity index (χ0) is 14.2. The minimum atomic E-state index is -0.0570. The highest BCUT2D eigenvalue weighted by molar-refractivity contribution is 5.82. The Morgan fingerprint density at radius 1 is 1.19 bits per heavy atom. The standard InChI is InChI=1S/C18H24N2O/c21-18(20-11-16-8-12-5-6-14(16)7-12)17-9-13-3-1-2-4-15(13)10-19-17/h1-4,12,14,16-17,19H,5-11H2,(H,20,21). The number of nitrogens with one attached hydrogen (secondary N) is 2. The van der Waals surface area contributed by atoms with Gasteiger partial charge in [0.25, 0.3) is 0 Å². The van der Waals surface area contributed by atoms with E-state index in [4.69, 9.17) is 0 Å². The Kier molecular flexibility index (Phi) is 3.46. The molecule has 2 N–H and O–H groups in total. The molecular weight excluding hydrogens is 260 g/mol. The van der Waals surface area contributed by atoms with E-state index >= 15 is 0 Å². The average Bonchev–Trinajstić information content (AvgIpc) is 3.15. The summed E-state index contributed by atoms with van der Waals surface area (Å²) in [5.74, 6) is 2.77. The lowest BCUT2D eigenvalue weighted by atomic mass is 9.88. The molecule has 21 heavy (non-hydrogen) atoms. The van der Waals surface area contributed by atoms with E-state index in [1.807, 2.05) is 0 Å². The molecule has 2 bridgehead atoms. The van der Waals surface area contributed by atoms with Crippen LogP contribution in [0.3, 0.4) is 0 Å². The Bertz CT molecular complexity index is 542. The van der Waals surface area contributed by atoms with Gasteiger partial charge in [-0.3, -0.25) is 4.79 Å². The number of fused-ring (bicyclic) bond motifs is 3. The van der Waals surface area contributed by atoms with Gasteiger partial charge in [-0.25, -0.2) is 0 Å². The van der Waals surface area contributed by atoms with E-state index in [-0.39, 0.29) is 11.9 Å². The van der Waals surface area contributed by atoms with Crippen LogP contribution < -0.4 is 10.6 Å². The molecular formula is C18H24N2O. The molecule has 2 saturated carbocycles. The number of amides is 1. The molecule has 3 nitrogen and oxygen atoms in total. The van der Waals surface area contributed by atoms with Crippen molar-refractivity contribution < 1.29 is 4.79 Å². The molecule has 1 aliphatic heterocycles. The van der Waals surface area contributed by atoms with Gasteiger partial charge in [0, 0.05) is 13.1 Å². The van der Waals surface area contributed by atoms with Crippen molar-refractivity contribution >= 4 is 5.91 Å². The maximum atomic E-state index is 12.4. The van der Waals surface area contributed by atoms with Gasteiger partial charge in [0.15, 0.2) is 0 Å². The summed E-state index contributed by atoms with van der Waals surface area (Å²) in [6.45, 7) is 1.70. The monoisotopic (exact) mass is 284 g/mol. The Morgan fingerprint density at radius 2 is 2.05 bits per heavy atom. The second-order valence-electron chi connectivity index (χ2n) is 7.09. The van der Waals surface area contributed by atoms with Gasteiger partial charge in [-0.05, 0) is 54.6 Å². The van der Waals surface area contributed by atoms with Crippen LogP contribution in [0.2, 0.25) is 0 Å². The van der Waals surface area contributed by atoms with E-state index in [0.29, 0.717) is 0 Å². The van der Waals surface area contributed by atoms with Crippen LogP contribution in [0.1, 0.15) is 36.8 Å². The number of rotatable bonds is 3. The highest BCUT2D eigenvalue weighted by Crippen LogP contribution is 2.47. The Hall–Kier alpha value is -1.35. The van der Waals surface area contributed by atoms with Gasteiger partial charge < -0.3 is 10.6 Å². The van der Waals surface area contributed by atoms with Crippen LogP contribution in [0.25, 0.3) is 0 Å². The third kappa shape index (κ3) is 2.59. The first-order valence-corrected chi connectivity index (χ1v) is 8.37. The molecule has 4 rings (SSSR count).